The zero-order valence-corrected chi connectivity index (χ0v) is 21.5. The molecule has 0 atom stereocenters. The summed E-state index contributed by atoms with van der Waals surface area (Å²) >= 11 is 0.897. The summed E-state index contributed by atoms with van der Waals surface area (Å²) in [5, 5.41) is 3.70. The van der Waals surface area contributed by atoms with E-state index in [4.69, 9.17) is 0 Å². The summed E-state index contributed by atoms with van der Waals surface area (Å²) in [6.45, 7) is 1.38. The molecule has 0 aliphatic rings. The van der Waals surface area contributed by atoms with Crippen LogP contribution in [0.2, 0.25) is 0 Å². The number of carbonyl (C=O) groups excluding carboxylic acids is 3. The monoisotopic (exact) mass is 536 g/mol. The minimum Gasteiger partial charge on any atom is -0.361 e. The van der Waals surface area contributed by atoms with E-state index in [2.05, 4.69) is 20.0 Å². The third kappa shape index (κ3) is 6.83. The Bertz CT molecular complexity index is 1550. The van der Waals surface area contributed by atoms with Crippen molar-refractivity contribution >= 4 is 61.0 Å². The number of aromatic amines is 1. The third-order valence-electron chi connectivity index (χ3n) is 5.48. The van der Waals surface area contributed by atoms with Crippen molar-refractivity contribution < 1.29 is 22.8 Å². The number of aryl methyl sites for hydroxylation is 1. The Kier molecular flexibility index (Phi) is 8.04. The number of ketones is 1. The van der Waals surface area contributed by atoms with Crippen LogP contribution in [-0.4, -0.2) is 40.9 Å². The summed E-state index contributed by atoms with van der Waals surface area (Å²) in [5.74, 6) is -0.417. The number of amides is 1. The van der Waals surface area contributed by atoms with Gasteiger partial charge in [-0.05, 0) is 54.4 Å². The Morgan fingerprint density at radius 1 is 1.00 bits per heavy atom. The van der Waals surface area contributed by atoms with Crippen LogP contribution in [0.25, 0.3) is 10.9 Å². The van der Waals surface area contributed by atoms with E-state index in [1.54, 1.807) is 0 Å². The predicted octanol–water partition coefficient (Wildman–Crippen LogP) is 4.40. The minimum absolute atomic E-state index is 0.00595. The number of sulfonamides is 1. The standard InChI is InChI=1S/C26H24N4O5S2/c1-17(31)36-16-24(32)19-6-12-25(28-15-19)30-37(34,35)21-10-8-20(9-11-21)29-26(33)13-7-18-14-27-23-5-3-2-4-22(18)23/h2-6,8-12,14-15,27H,7,13,16H2,1H3,(H,28,30)(H,29,33). The average molecular weight is 537 g/mol. The SMILES string of the molecule is CC(=O)SCC(=O)c1ccc(NS(=O)(=O)c2ccc(NC(=O)CCc3c[nH]c4ccccc34)cc2)nc1. The molecule has 4 aromatic rings. The summed E-state index contributed by atoms with van der Waals surface area (Å²) in [6, 6.07) is 16.5. The number of anilines is 2. The van der Waals surface area contributed by atoms with Gasteiger partial charge in [0.15, 0.2) is 10.9 Å². The second-order valence-electron chi connectivity index (χ2n) is 8.17. The lowest BCUT2D eigenvalue weighted by Gasteiger charge is -2.09. The topological polar surface area (TPSA) is 138 Å². The van der Waals surface area contributed by atoms with Gasteiger partial charge in [-0.2, -0.15) is 0 Å². The Morgan fingerprint density at radius 3 is 2.46 bits per heavy atom. The van der Waals surface area contributed by atoms with Gasteiger partial charge >= 0.3 is 0 Å². The molecule has 9 nitrogen and oxygen atoms in total. The van der Waals surface area contributed by atoms with E-state index in [0.29, 0.717) is 12.1 Å². The van der Waals surface area contributed by atoms with Crippen LogP contribution in [0.1, 0.15) is 29.3 Å². The lowest BCUT2D eigenvalue weighted by atomic mass is 10.1. The van der Waals surface area contributed by atoms with Crippen LogP contribution in [0.3, 0.4) is 0 Å². The highest BCUT2D eigenvalue weighted by Crippen LogP contribution is 2.21. The van der Waals surface area contributed by atoms with Gasteiger partial charge in [0.2, 0.25) is 5.91 Å². The predicted molar refractivity (Wildman–Crippen MR) is 144 cm³/mol. The van der Waals surface area contributed by atoms with E-state index < -0.39 is 10.0 Å². The fourth-order valence-electron chi connectivity index (χ4n) is 3.59. The van der Waals surface area contributed by atoms with Gasteiger partial charge in [-0.15, -0.1) is 0 Å². The first kappa shape index (κ1) is 26.1. The van der Waals surface area contributed by atoms with E-state index in [1.165, 1.54) is 49.5 Å². The average Bonchev–Trinajstić information content (AvgIpc) is 3.30. The Morgan fingerprint density at radius 2 is 1.76 bits per heavy atom. The molecule has 2 aromatic carbocycles. The van der Waals surface area contributed by atoms with Gasteiger partial charge < -0.3 is 10.3 Å². The van der Waals surface area contributed by atoms with Gasteiger partial charge in [-0.3, -0.25) is 19.1 Å². The quantitative estimate of drug-likeness (QED) is 0.255. The fraction of sp³-hybridized carbons (Fsp3) is 0.154. The van der Waals surface area contributed by atoms with Gasteiger partial charge in [-0.1, -0.05) is 30.0 Å². The number of thioether (sulfide) groups is 1. The van der Waals surface area contributed by atoms with Crippen molar-refractivity contribution in [1.29, 1.82) is 0 Å². The second kappa shape index (κ2) is 11.4. The van der Waals surface area contributed by atoms with E-state index in [0.717, 1.165) is 28.2 Å². The molecule has 190 valence electrons. The molecule has 2 aromatic heterocycles. The number of rotatable bonds is 10. The number of aromatic nitrogens is 2. The number of hydrogen-bond acceptors (Lipinski definition) is 7. The van der Waals surface area contributed by atoms with Crippen LogP contribution in [0.15, 0.2) is 78.0 Å². The Labute approximate surface area is 218 Å². The summed E-state index contributed by atoms with van der Waals surface area (Å²) < 4.78 is 27.8. The number of pyridine rings is 1. The number of fused-ring (bicyclic) bond motifs is 1. The fourth-order valence-corrected chi connectivity index (χ4v) is 5.10. The summed E-state index contributed by atoms with van der Waals surface area (Å²) in [6.07, 6.45) is 4.01. The maximum Gasteiger partial charge on any atom is 0.263 e. The second-order valence-corrected chi connectivity index (χ2v) is 11.0. The first-order valence-corrected chi connectivity index (χ1v) is 13.8. The molecule has 0 saturated heterocycles. The molecule has 0 saturated carbocycles. The molecule has 4 rings (SSSR count). The summed E-state index contributed by atoms with van der Waals surface area (Å²) in [5.41, 5.74) is 2.83. The number of nitrogens with zero attached hydrogens (tertiary/aromatic N) is 1. The number of H-pyrrole nitrogens is 1. The zero-order valence-electron chi connectivity index (χ0n) is 19.9. The molecule has 0 aliphatic carbocycles. The van der Waals surface area contributed by atoms with Gasteiger partial charge in [0, 0.05) is 47.9 Å². The molecule has 0 bridgehead atoms. The molecule has 0 aliphatic heterocycles. The van der Waals surface area contributed by atoms with E-state index >= 15 is 0 Å². The van der Waals surface area contributed by atoms with Crippen molar-refractivity contribution in [1.82, 2.24) is 9.97 Å². The first-order chi connectivity index (χ1) is 17.7. The molecule has 2 heterocycles. The highest BCUT2D eigenvalue weighted by molar-refractivity contribution is 8.14. The largest absolute Gasteiger partial charge is 0.361 e. The van der Waals surface area contributed by atoms with Gasteiger partial charge in [0.1, 0.15) is 5.82 Å². The molecule has 11 heteroatoms. The maximum absolute atomic E-state index is 12.7. The summed E-state index contributed by atoms with van der Waals surface area (Å²) in [7, 11) is -3.94. The van der Waals surface area contributed by atoms with Crippen LogP contribution in [-0.2, 0) is 26.0 Å². The maximum atomic E-state index is 12.7. The third-order valence-corrected chi connectivity index (χ3v) is 7.66. The zero-order chi connectivity index (χ0) is 26.4. The van der Waals surface area contributed by atoms with Crippen molar-refractivity contribution in [2.45, 2.75) is 24.7 Å². The van der Waals surface area contributed by atoms with E-state index in [9.17, 15) is 22.8 Å². The number of carbonyl (C=O) groups is 3. The van der Waals surface area contributed by atoms with Crippen molar-refractivity contribution in [2.75, 3.05) is 15.8 Å². The van der Waals surface area contributed by atoms with Crippen LogP contribution < -0.4 is 10.0 Å². The smallest absolute Gasteiger partial charge is 0.263 e. The number of hydrogen-bond donors (Lipinski definition) is 3. The van der Waals surface area contributed by atoms with Crippen LogP contribution >= 0.6 is 11.8 Å². The molecule has 0 unspecified atom stereocenters. The highest BCUT2D eigenvalue weighted by atomic mass is 32.2. The Balaban J connectivity index is 1.32. The number of nitrogens with one attached hydrogen (secondary N) is 3. The normalized spacial score (nSPS) is 11.3. The van der Waals surface area contributed by atoms with Crippen LogP contribution in [0.4, 0.5) is 11.5 Å². The summed E-state index contributed by atoms with van der Waals surface area (Å²) in [4.78, 5) is 42.6. The molecule has 0 fully saturated rings. The molecule has 3 N–H and O–H groups in total. The lowest BCUT2D eigenvalue weighted by molar-refractivity contribution is -0.116. The van der Waals surface area contributed by atoms with Gasteiger partial charge in [0.25, 0.3) is 10.0 Å². The van der Waals surface area contributed by atoms with E-state index in [1.807, 2.05) is 30.5 Å². The van der Waals surface area contributed by atoms with Gasteiger partial charge in [-0.25, -0.2) is 13.4 Å². The number of para-hydroxylation sites is 1. The Hall–Kier alpha value is -3.96. The molecule has 1 amide bonds. The van der Waals surface area contributed by atoms with Crippen molar-refractivity contribution in [3.05, 3.63) is 84.2 Å². The first-order valence-electron chi connectivity index (χ1n) is 11.3. The molecular weight excluding hydrogens is 512 g/mol. The highest BCUT2D eigenvalue weighted by Gasteiger charge is 2.16. The van der Waals surface area contributed by atoms with Crippen LogP contribution in [0, 0.1) is 0 Å². The van der Waals surface area contributed by atoms with Crippen LogP contribution in [0.5, 0.6) is 0 Å². The minimum atomic E-state index is -3.94. The number of Topliss-reactive ketones (excluding diaryl/α,β-unsaturated/α-hetero) is 1. The molecule has 37 heavy (non-hydrogen) atoms. The molecule has 0 radical (unpaired) electrons. The van der Waals surface area contributed by atoms with Crippen molar-refractivity contribution in [3.8, 4) is 0 Å². The van der Waals surface area contributed by atoms with Crippen molar-refractivity contribution in [3.63, 3.8) is 0 Å². The lowest BCUT2D eigenvalue weighted by Crippen LogP contribution is -2.15. The molecular formula is C26H24N4O5S2. The van der Waals surface area contributed by atoms with E-state index in [-0.39, 0.29) is 45.3 Å². The van der Waals surface area contributed by atoms with Gasteiger partial charge in [0.05, 0.1) is 10.6 Å². The van der Waals surface area contributed by atoms with Crippen molar-refractivity contribution in [2.24, 2.45) is 0 Å². The number of benzene rings is 2. The molecule has 0 spiro atoms.